The van der Waals surface area contributed by atoms with Crippen molar-refractivity contribution in [3.8, 4) is 0 Å². The lowest BCUT2D eigenvalue weighted by Crippen LogP contribution is -2.14. The molecule has 4 N–H and O–H groups in total. The average Bonchev–Trinajstić information content (AvgIpc) is 2.73. The maximum Gasteiger partial charge on any atom is 0.264 e. The summed E-state index contributed by atoms with van der Waals surface area (Å²) < 4.78 is 26.7. The average molecular weight is 317 g/mol. The fraction of sp³-hybridized carbons (Fsp3) is 0. The molecule has 0 bridgehead atoms. The second-order valence-electron chi connectivity index (χ2n) is 3.23. The number of nitrogens with zero attached hydrogens (tertiary/aromatic N) is 1. The molecule has 1 aromatic heterocycles. The molecule has 8 heteroatoms. The first kappa shape index (κ1) is 11.9. The first-order valence-electron chi connectivity index (χ1n) is 4.56. The standard InChI is InChI=1S/C9H9BrN4O2S/c10-7-5-6(1-2-8(7)11)17(15,16)14-9-12-3-4-13-9/h1-5H,11H2,(H2,12,13,14). The fourth-order valence-electron chi connectivity index (χ4n) is 1.18. The zero-order valence-corrected chi connectivity index (χ0v) is 10.9. The van der Waals surface area contributed by atoms with Gasteiger partial charge in [0, 0.05) is 22.6 Å². The van der Waals surface area contributed by atoms with Gasteiger partial charge in [-0.3, -0.25) is 0 Å². The maximum absolute atomic E-state index is 11.9. The lowest BCUT2D eigenvalue weighted by Gasteiger charge is -2.06. The van der Waals surface area contributed by atoms with Crippen LogP contribution in [-0.2, 0) is 10.0 Å². The summed E-state index contributed by atoms with van der Waals surface area (Å²) in [5, 5.41) is 0. The highest BCUT2D eigenvalue weighted by Crippen LogP contribution is 2.23. The Morgan fingerprint density at radius 2 is 2.18 bits per heavy atom. The van der Waals surface area contributed by atoms with Crippen molar-refractivity contribution >= 4 is 37.6 Å². The Bertz CT molecular complexity index is 624. The smallest absolute Gasteiger partial charge is 0.264 e. The maximum atomic E-state index is 11.9. The molecule has 0 aliphatic carbocycles. The first-order chi connectivity index (χ1) is 7.99. The molecule has 0 amide bonds. The lowest BCUT2D eigenvalue weighted by atomic mass is 10.3. The topological polar surface area (TPSA) is 101 Å². The van der Waals surface area contributed by atoms with Crippen LogP contribution in [0.25, 0.3) is 0 Å². The number of sulfonamides is 1. The van der Waals surface area contributed by atoms with Crippen LogP contribution in [0.15, 0.2) is 40.0 Å². The van der Waals surface area contributed by atoms with E-state index in [-0.39, 0.29) is 10.8 Å². The number of rotatable bonds is 3. The second kappa shape index (κ2) is 4.38. The number of nitrogen functional groups attached to an aromatic ring is 1. The quantitative estimate of drug-likeness (QED) is 0.748. The van der Waals surface area contributed by atoms with E-state index < -0.39 is 10.0 Å². The fourth-order valence-corrected chi connectivity index (χ4v) is 2.72. The van der Waals surface area contributed by atoms with Gasteiger partial charge in [0.25, 0.3) is 10.0 Å². The van der Waals surface area contributed by atoms with Crippen LogP contribution in [0.3, 0.4) is 0 Å². The highest BCUT2D eigenvalue weighted by atomic mass is 79.9. The zero-order chi connectivity index (χ0) is 12.5. The van der Waals surface area contributed by atoms with Crippen LogP contribution >= 0.6 is 15.9 Å². The van der Waals surface area contributed by atoms with Crippen molar-refractivity contribution in [3.05, 3.63) is 35.1 Å². The van der Waals surface area contributed by atoms with Crippen LogP contribution in [0.1, 0.15) is 0 Å². The van der Waals surface area contributed by atoms with Gasteiger partial charge in [-0.05, 0) is 34.1 Å². The molecule has 2 aromatic rings. The van der Waals surface area contributed by atoms with E-state index in [9.17, 15) is 8.42 Å². The van der Waals surface area contributed by atoms with Gasteiger partial charge >= 0.3 is 0 Å². The number of H-pyrrole nitrogens is 1. The van der Waals surface area contributed by atoms with Crippen LogP contribution in [0.4, 0.5) is 11.6 Å². The third-order valence-corrected chi connectivity index (χ3v) is 4.03. The Morgan fingerprint density at radius 3 is 2.76 bits per heavy atom. The normalized spacial score (nSPS) is 11.4. The van der Waals surface area contributed by atoms with Crippen molar-refractivity contribution in [2.24, 2.45) is 0 Å². The summed E-state index contributed by atoms with van der Waals surface area (Å²) in [7, 11) is -3.65. The number of aromatic amines is 1. The molecule has 0 saturated carbocycles. The largest absolute Gasteiger partial charge is 0.398 e. The molecule has 0 saturated heterocycles. The first-order valence-corrected chi connectivity index (χ1v) is 6.84. The Labute approximate surface area is 106 Å². The van der Waals surface area contributed by atoms with Gasteiger partial charge in [0.15, 0.2) is 0 Å². The summed E-state index contributed by atoms with van der Waals surface area (Å²) >= 11 is 3.18. The molecule has 90 valence electrons. The van der Waals surface area contributed by atoms with Crippen molar-refractivity contribution in [2.45, 2.75) is 4.90 Å². The molecule has 0 radical (unpaired) electrons. The Balaban J connectivity index is 2.35. The molecular formula is C9H9BrN4O2S. The number of aromatic nitrogens is 2. The number of hydrogen-bond acceptors (Lipinski definition) is 4. The minimum atomic E-state index is -3.65. The summed E-state index contributed by atoms with van der Waals surface area (Å²) in [4.78, 5) is 6.54. The number of anilines is 2. The van der Waals surface area contributed by atoms with Crippen molar-refractivity contribution in [2.75, 3.05) is 10.5 Å². The predicted octanol–water partition coefficient (Wildman–Crippen LogP) is 1.56. The Hall–Kier alpha value is -1.54. The molecular weight excluding hydrogens is 308 g/mol. The van der Waals surface area contributed by atoms with Crippen LogP contribution in [0.2, 0.25) is 0 Å². The van der Waals surface area contributed by atoms with Gasteiger partial charge in [0.05, 0.1) is 4.90 Å². The molecule has 0 spiro atoms. The van der Waals surface area contributed by atoms with E-state index in [1.807, 2.05) is 0 Å². The number of hydrogen-bond donors (Lipinski definition) is 3. The van der Waals surface area contributed by atoms with E-state index in [0.29, 0.717) is 10.2 Å². The summed E-state index contributed by atoms with van der Waals surface area (Å²) in [6, 6.07) is 4.37. The van der Waals surface area contributed by atoms with Gasteiger partial charge in [0.1, 0.15) is 0 Å². The van der Waals surface area contributed by atoms with Gasteiger partial charge in [-0.15, -0.1) is 0 Å². The molecule has 0 unspecified atom stereocenters. The van der Waals surface area contributed by atoms with Crippen molar-refractivity contribution < 1.29 is 8.42 Å². The monoisotopic (exact) mass is 316 g/mol. The van der Waals surface area contributed by atoms with Crippen LogP contribution in [0, 0.1) is 0 Å². The lowest BCUT2D eigenvalue weighted by molar-refractivity contribution is 0.601. The van der Waals surface area contributed by atoms with Gasteiger partial charge in [-0.25, -0.2) is 18.1 Å². The Morgan fingerprint density at radius 1 is 1.41 bits per heavy atom. The number of halogens is 1. The summed E-state index contributed by atoms with van der Waals surface area (Å²) in [6.45, 7) is 0. The SMILES string of the molecule is Nc1ccc(S(=O)(=O)Nc2ncc[nH]2)cc1Br. The van der Waals surface area contributed by atoms with E-state index in [1.54, 1.807) is 0 Å². The molecule has 0 aliphatic rings. The predicted molar refractivity (Wildman–Crippen MR) is 68.0 cm³/mol. The van der Waals surface area contributed by atoms with Crippen molar-refractivity contribution in [1.82, 2.24) is 9.97 Å². The second-order valence-corrected chi connectivity index (χ2v) is 5.76. The number of nitrogens with one attached hydrogen (secondary N) is 2. The van der Waals surface area contributed by atoms with E-state index in [4.69, 9.17) is 5.73 Å². The van der Waals surface area contributed by atoms with Crippen molar-refractivity contribution in [3.63, 3.8) is 0 Å². The highest BCUT2D eigenvalue weighted by molar-refractivity contribution is 9.10. The van der Waals surface area contributed by atoms with Gasteiger partial charge in [0.2, 0.25) is 5.95 Å². The molecule has 2 rings (SSSR count). The number of imidazole rings is 1. The van der Waals surface area contributed by atoms with Gasteiger partial charge in [-0.2, -0.15) is 0 Å². The molecule has 17 heavy (non-hydrogen) atoms. The van der Waals surface area contributed by atoms with Gasteiger partial charge < -0.3 is 10.7 Å². The summed E-state index contributed by atoms with van der Waals surface area (Å²) in [6.07, 6.45) is 2.98. The van der Waals surface area contributed by atoms with Crippen LogP contribution in [0.5, 0.6) is 0 Å². The summed E-state index contributed by atoms with van der Waals surface area (Å²) in [5.74, 6) is 0.165. The molecule has 0 fully saturated rings. The zero-order valence-electron chi connectivity index (χ0n) is 8.51. The summed E-state index contributed by atoms with van der Waals surface area (Å²) in [5.41, 5.74) is 6.06. The molecule has 1 heterocycles. The van der Waals surface area contributed by atoms with Crippen LogP contribution in [-0.4, -0.2) is 18.4 Å². The van der Waals surface area contributed by atoms with Crippen molar-refractivity contribution in [1.29, 1.82) is 0 Å². The minimum absolute atomic E-state index is 0.106. The van der Waals surface area contributed by atoms with E-state index in [2.05, 4.69) is 30.6 Å². The third-order valence-electron chi connectivity index (χ3n) is 2.01. The number of nitrogens with two attached hydrogens (primary N) is 1. The number of benzene rings is 1. The van der Waals surface area contributed by atoms with E-state index >= 15 is 0 Å². The molecule has 0 aliphatic heterocycles. The van der Waals surface area contributed by atoms with Gasteiger partial charge in [-0.1, -0.05) is 0 Å². The van der Waals surface area contributed by atoms with Crippen LogP contribution < -0.4 is 10.5 Å². The minimum Gasteiger partial charge on any atom is -0.398 e. The molecule has 0 atom stereocenters. The highest BCUT2D eigenvalue weighted by Gasteiger charge is 2.16. The third kappa shape index (κ3) is 2.59. The molecule has 6 nitrogen and oxygen atoms in total. The van der Waals surface area contributed by atoms with E-state index in [1.165, 1.54) is 30.6 Å². The molecule has 1 aromatic carbocycles. The van der Waals surface area contributed by atoms with E-state index in [0.717, 1.165) is 0 Å². The Kier molecular flexibility index (Phi) is 3.07.